The summed E-state index contributed by atoms with van der Waals surface area (Å²) in [6.07, 6.45) is 6.08. The zero-order valence-electron chi connectivity index (χ0n) is 8.78. The predicted octanol–water partition coefficient (Wildman–Crippen LogP) is 3.46. The number of aryl methyl sites for hydroxylation is 1. The number of hydrogen-bond donors (Lipinski definition) is 0. The summed E-state index contributed by atoms with van der Waals surface area (Å²) >= 11 is 5.80. The fourth-order valence-corrected chi connectivity index (χ4v) is 2.09. The molecule has 1 heterocycles. The third-order valence-electron chi connectivity index (χ3n) is 2.72. The van der Waals surface area contributed by atoms with Crippen molar-refractivity contribution in [1.82, 2.24) is 0 Å². The van der Waals surface area contributed by atoms with Gasteiger partial charge in [0, 0.05) is 24.6 Å². The topological polar surface area (TPSA) is 12.4 Å². The van der Waals surface area contributed by atoms with Gasteiger partial charge < -0.3 is 0 Å². The first-order valence-corrected chi connectivity index (χ1v) is 5.66. The molecule has 0 aromatic heterocycles. The number of benzene rings is 1. The molecule has 1 aliphatic heterocycles. The average Bonchev–Trinajstić information content (AvgIpc) is 2.30. The van der Waals surface area contributed by atoms with Crippen molar-refractivity contribution in [2.45, 2.75) is 18.7 Å². The molecule has 78 valence electrons. The van der Waals surface area contributed by atoms with Crippen molar-refractivity contribution < 1.29 is 0 Å². The van der Waals surface area contributed by atoms with E-state index in [1.165, 1.54) is 16.7 Å². The Balaban J connectivity index is 2.28. The molecule has 0 spiro atoms. The number of hydrogen-bond acceptors (Lipinski definition) is 1. The van der Waals surface area contributed by atoms with Gasteiger partial charge >= 0.3 is 0 Å². The van der Waals surface area contributed by atoms with Gasteiger partial charge in [0.1, 0.15) is 0 Å². The fraction of sp³-hybridized carbons (Fsp3) is 0.308. The van der Waals surface area contributed by atoms with Crippen molar-refractivity contribution in [2.75, 3.05) is 6.54 Å². The van der Waals surface area contributed by atoms with Gasteiger partial charge in [0.2, 0.25) is 0 Å². The lowest BCUT2D eigenvalue weighted by Gasteiger charge is -2.16. The smallest absolute Gasteiger partial charge is 0.0492 e. The molecule has 0 radical (unpaired) electrons. The maximum absolute atomic E-state index is 5.80. The Morgan fingerprint density at radius 1 is 1.47 bits per heavy atom. The lowest BCUT2D eigenvalue weighted by atomic mass is 9.92. The first kappa shape index (κ1) is 10.4. The van der Waals surface area contributed by atoms with Crippen molar-refractivity contribution in [1.29, 1.82) is 0 Å². The molecule has 0 saturated heterocycles. The minimum absolute atomic E-state index is 0.430. The molecule has 0 bridgehead atoms. The summed E-state index contributed by atoms with van der Waals surface area (Å²) in [5.41, 5.74) is 3.85. The summed E-state index contributed by atoms with van der Waals surface area (Å²) in [7, 11) is 0. The lowest BCUT2D eigenvalue weighted by molar-refractivity contribution is 0.837. The van der Waals surface area contributed by atoms with Crippen LogP contribution in [-0.4, -0.2) is 12.8 Å². The van der Waals surface area contributed by atoms with Gasteiger partial charge in [-0.1, -0.05) is 24.3 Å². The van der Waals surface area contributed by atoms with E-state index in [1.807, 2.05) is 12.3 Å². The predicted molar refractivity (Wildman–Crippen MR) is 66.0 cm³/mol. The molecule has 0 saturated carbocycles. The van der Waals surface area contributed by atoms with Crippen LogP contribution < -0.4 is 0 Å². The number of alkyl halides is 1. The van der Waals surface area contributed by atoms with Crippen LogP contribution in [0.25, 0.3) is 0 Å². The van der Waals surface area contributed by atoms with Crippen molar-refractivity contribution in [3.05, 3.63) is 47.0 Å². The van der Waals surface area contributed by atoms with Gasteiger partial charge in [-0.15, -0.1) is 11.6 Å². The van der Waals surface area contributed by atoms with Crippen LogP contribution in [0.3, 0.4) is 0 Å². The normalized spacial score (nSPS) is 19.5. The summed E-state index contributed by atoms with van der Waals surface area (Å²) < 4.78 is 0. The molecular formula is C13H14ClN. The summed E-state index contributed by atoms with van der Waals surface area (Å²) in [5.74, 6) is 1.01. The molecule has 1 unspecified atom stereocenters. The van der Waals surface area contributed by atoms with Crippen molar-refractivity contribution in [3.63, 3.8) is 0 Å². The van der Waals surface area contributed by atoms with Gasteiger partial charge in [0.05, 0.1) is 0 Å². The van der Waals surface area contributed by atoms with Gasteiger partial charge in [-0.25, -0.2) is 0 Å². The van der Waals surface area contributed by atoms with Crippen molar-refractivity contribution in [2.24, 2.45) is 4.99 Å². The van der Waals surface area contributed by atoms with E-state index in [9.17, 15) is 0 Å². The van der Waals surface area contributed by atoms with Gasteiger partial charge in [-0.05, 0) is 29.7 Å². The zero-order valence-corrected chi connectivity index (χ0v) is 9.54. The molecule has 0 fully saturated rings. The summed E-state index contributed by atoms with van der Waals surface area (Å²) in [6, 6.07) is 6.43. The summed E-state index contributed by atoms with van der Waals surface area (Å²) in [5, 5.41) is 0. The summed E-state index contributed by atoms with van der Waals surface area (Å²) in [4.78, 5) is 4.28. The number of rotatable bonds is 2. The van der Waals surface area contributed by atoms with E-state index in [1.54, 1.807) is 0 Å². The van der Waals surface area contributed by atoms with E-state index in [2.05, 4.69) is 36.2 Å². The molecule has 1 aliphatic rings. The van der Waals surface area contributed by atoms with E-state index < -0.39 is 0 Å². The fourth-order valence-electron chi connectivity index (χ4n) is 1.92. The van der Waals surface area contributed by atoms with Gasteiger partial charge in [0.15, 0.2) is 0 Å². The molecule has 1 atom stereocenters. The van der Waals surface area contributed by atoms with Gasteiger partial charge in [0.25, 0.3) is 0 Å². The second-order valence-corrected chi connectivity index (χ2v) is 4.10. The molecule has 0 aliphatic carbocycles. The molecule has 2 rings (SSSR count). The molecular weight excluding hydrogens is 206 g/mol. The highest BCUT2D eigenvalue weighted by Crippen LogP contribution is 2.24. The first-order chi connectivity index (χ1) is 7.31. The Labute approximate surface area is 95.5 Å². The van der Waals surface area contributed by atoms with Crippen molar-refractivity contribution >= 4 is 17.8 Å². The minimum atomic E-state index is 0.430. The molecule has 1 nitrogen and oxygen atoms in total. The van der Waals surface area contributed by atoms with E-state index in [0.29, 0.717) is 11.8 Å². The lowest BCUT2D eigenvalue weighted by Crippen LogP contribution is -2.05. The third kappa shape index (κ3) is 2.29. The third-order valence-corrected chi connectivity index (χ3v) is 3.03. The van der Waals surface area contributed by atoms with E-state index in [0.717, 1.165) is 6.54 Å². The second-order valence-electron chi connectivity index (χ2n) is 3.83. The standard InChI is InChI=1S/C13H14ClN/c1-10-7-11(8-14)4-5-13(10)12-3-2-6-15-9-12/h2-7,12H,8-9H2,1H3. The Morgan fingerprint density at radius 3 is 2.93 bits per heavy atom. The molecule has 15 heavy (non-hydrogen) atoms. The SMILES string of the molecule is Cc1cc(CCl)ccc1C1C=CC=NC1. The average molecular weight is 220 g/mol. The van der Waals surface area contributed by atoms with Crippen LogP contribution in [0, 0.1) is 6.92 Å². The number of nitrogens with zero attached hydrogens (tertiary/aromatic N) is 1. The maximum Gasteiger partial charge on any atom is 0.0492 e. The number of allylic oxidation sites excluding steroid dienone is 1. The van der Waals surface area contributed by atoms with Crippen molar-refractivity contribution in [3.8, 4) is 0 Å². The quantitative estimate of drug-likeness (QED) is 0.676. The Hall–Kier alpha value is -1.08. The highest BCUT2D eigenvalue weighted by atomic mass is 35.5. The van der Waals surface area contributed by atoms with E-state index in [-0.39, 0.29) is 0 Å². The van der Waals surface area contributed by atoms with Crippen LogP contribution in [0.5, 0.6) is 0 Å². The maximum atomic E-state index is 5.80. The van der Waals surface area contributed by atoms with Crippen LogP contribution in [-0.2, 0) is 5.88 Å². The van der Waals surface area contributed by atoms with Crippen LogP contribution in [0.1, 0.15) is 22.6 Å². The summed E-state index contributed by atoms with van der Waals surface area (Å²) in [6.45, 7) is 3.00. The minimum Gasteiger partial charge on any atom is -0.292 e. The number of halogens is 1. The zero-order chi connectivity index (χ0) is 10.7. The molecule has 1 aromatic carbocycles. The Morgan fingerprint density at radius 2 is 2.33 bits per heavy atom. The number of aliphatic imine (C=N–C) groups is 1. The van der Waals surface area contributed by atoms with Gasteiger partial charge in [-0.3, -0.25) is 4.99 Å². The van der Waals surface area contributed by atoms with E-state index in [4.69, 9.17) is 11.6 Å². The van der Waals surface area contributed by atoms with Crippen LogP contribution in [0.15, 0.2) is 35.3 Å². The molecule has 0 amide bonds. The first-order valence-electron chi connectivity index (χ1n) is 5.13. The van der Waals surface area contributed by atoms with Gasteiger partial charge in [-0.2, -0.15) is 0 Å². The highest BCUT2D eigenvalue weighted by Gasteiger charge is 2.11. The van der Waals surface area contributed by atoms with E-state index >= 15 is 0 Å². The van der Waals surface area contributed by atoms with Crippen LogP contribution in [0.2, 0.25) is 0 Å². The molecule has 0 N–H and O–H groups in total. The Bertz CT molecular complexity index is 407. The number of dihydropyridines is 1. The van der Waals surface area contributed by atoms with Crippen LogP contribution in [0.4, 0.5) is 0 Å². The van der Waals surface area contributed by atoms with Crippen LogP contribution >= 0.6 is 11.6 Å². The monoisotopic (exact) mass is 219 g/mol. The molecule has 2 heteroatoms. The Kier molecular flexibility index (Phi) is 3.22. The molecule has 1 aromatic rings. The highest BCUT2D eigenvalue weighted by molar-refractivity contribution is 6.17. The second kappa shape index (κ2) is 4.63. The largest absolute Gasteiger partial charge is 0.292 e.